The van der Waals surface area contributed by atoms with Crippen molar-refractivity contribution in [2.24, 2.45) is 5.92 Å². The minimum absolute atomic E-state index is 0.128. The standard InChI is InChI=1S/C12H22N2O5S/c1-3-5-10(12(16)17)13-11(15)9-6-4-7-14(8-9)20(2,18)19/h9-10H,3-8H2,1-2H3,(H,13,15)(H,16,17). The molecule has 7 nitrogen and oxygen atoms in total. The lowest BCUT2D eigenvalue weighted by atomic mass is 9.98. The van der Waals surface area contributed by atoms with Crippen molar-refractivity contribution in [1.82, 2.24) is 9.62 Å². The zero-order valence-electron chi connectivity index (χ0n) is 11.8. The second kappa shape index (κ2) is 7.03. The number of nitrogens with one attached hydrogen (secondary N) is 1. The molecule has 0 bridgehead atoms. The van der Waals surface area contributed by atoms with Crippen LogP contribution < -0.4 is 5.32 Å². The number of hydrogen-bond donors (Lipinski definition) is 2. The molecule has 0 saturated carbocycles. The van der Waals surface area contributed by atoms with E-state index >= 15 is 0 Å². The van der Waals surface area contributed by atoms with Crippen molar-refractivity contribution >= 4 is 21.9 Å². The van der Waals surface area contributed by atoms with Crippen molar-refractivity contribution in [2.75, 3.05) is 19.3 Å². The summed E-state index contributed by atoms with van der Waals surface area (Å²) in [7, 11) is -3.31. The van der Waals surface area contributed by atoms with Crippen LogP contribution in [0, 0.1) is 5.92 Å². The van der Waals surface area contributed by atoms with Crippen LogP contribution in [0.15, 0.2) is 0 Å². The van der Waals surface area contributed by atoms with Crippen molar-refractivity contribution in [3.8, 4) is 0 Å². The molecule has 20 heavy (non-hydrogen) atoms. The molecule has 1 aliphatic rings. The van der Waals surface area contributed by atoms with E-state index in [2.05, 4.69) is 5.32 Å². The van der Waals surface area contributed by atoms with Crippen LogP contribution in [0.3, 0.4) is 0 Å². The largest absolute Gasteiger partial charge is 0.480 e. The van der Waals surface area contributed by atoms with Crippen LogP contribution in [0.2, 0.25) is 0 Å². The molecule has 2 unspecified atom stereocenters. The highest BCUT2D eigenvalue weighted by Crippen LogP contribution is 2.19. The van der Waals surface area contributed by atoms with Gasteiger partial charge in [-0.15, -0.1) is 0 Å². The molecule has 0 spiro atoms. The van der Waals surface area contributed by atoms with Crippen molar-refractivity contribution < 1.29 is 23.1 Å². The van der Waals surface area contributed by atoms with E-state index in [1.165, 1.54) is 4.31 Å². The Bertz CT molecular complexity index is 462. The molecule has 116 valence electrons. The van der Waals surface area contributed by atoms with Crippen LogP contribution in [0.25, 0.3) is 0 Å². The van der Waals surface area contributed by atoms with Gasteiger partial charge in [-0.25, -0.2) is 17.5 Å². The van der Waals surface area contributed by atoms with Gasteiger partial charge in [0.05, 0.1) is 12.2 Å². The van der Waals surface area contributed by atoms with E-state index in [1.807, 2.05) is 6.92 Å². The number of amides is 1. The van der Waals surface area contributed by atoms with Gasteiger partial charge in [0.15, 0.2) is 0 Å². The topological polar surface area (TPSA) is 104 Å². The molecule has 0 aromatic carbocycles. The predicted octanol–water partition coefficient (Wildman–Crippen LogP) is 0.0275. The van der Waals surface area contributed by atoms with Crippen molar-refractivity contribution in [2.45, 2.75) is 38.6 Å². The highest BCUT2D eigenvalue weighted by Gasteiger charge is 2.31. The highest BCUT2D eigenvalue weighted by molar-refractivity contribution is 7.88. The summed E-state index contributed by atoms with van der Waals surface area (Å²) in [5, 5.41) is 11.5. The van der Waals surface area contributed by atoms with E-state index in [-0.39, 0.29) is 12.5 Å². The number of aliphatic carboxylic acids is 1. The molecular weight excluding hydrogens is 284 g/mol. The summed E-state index contributed by atoms with van der Waals surface area (Å²) in [6.07, 6.45) is 3.32. The minimum atomic E-state index is -3.31. The maximum atomic E-state index is 12.1. The number of carboxylic acids is 1. The fourth-order valence-corrected chi connectivity index (χ4v) is 3.20. The molecule has 2 N–H and O–H groups in total. The summed E-state index contributed by atoms with van der Waals surface area (Å²) in [4.78, 5) is 23.1. The normalized spacial score (nSPS) is 22.2. The van der Waals surface area contributed by atoms with Crippen LogP contribution in [0.5, 0.6) is 0 Å². The zero-order chi connectivity index (χ0) is 15.3. The van der Waals surface area contributed by atoms with Crippen molar-refractivity contribution in [3.63, 3.8) is 0 Å². The van der Waals surface area contributed by atoms with Gasteiger partial charge in [0.2, 0.25) is 15.9 Å². The van der Waals surface area contributed by atoms with Gasteiger partial charge in [0.1, 0.15) is 6.04 Å². The summed E-state index contributed by atoms with van der Waals surface area (Å²) in [5.41, 5.74) is 0. The monoisotopic (exact) mass is 306 g/mol. The first-order valence-electron chi connectivity index (χ1n) is 6.74. The van der Waals surface area contributed by atoms with Gasteiger partial charge in [-0.3, -0.25) is 4.79 Å². The Morgan fingerprint density at radius 1 is 1.45 bits per heavy atom. The molecule has 1 fully saturated rings. The fraction of sp³-hybridized carbons (Fsp3) is 0.833. The fourth-order valence-electron chi connectivity index (χ4n) is 2.29. The maximum absolute atomic E-state index is 12.1. The molecule has 0 aromatic rings. The zero-order valence-corrected chi connectivity index (χ0v) is 12.6. The first-order chi connectivity index (χ1) is 9.25. The number of carbonyl (C=O) groups is 2. The molecular formula is C12H22N2O5S. The van der Waals surface area contributed by atoms with Crippen LogP contribution in [-0.4, -0.2) is 55.1 Å². The second-order valence-corrected chi connectivity index (χ2v) is 7.13. The van der Waals surface area contributed by atoms with Crippen LogP contribution in [-0.2, 0) is 19.6 Å². The van der Waals surface area contributed by atoms with Gasteiger partial charge in [-0.2, -0.15) is 0 Å². The van der Waals surface area contributed by atoms with Gasteiger partial charge in [-0.05, 0) is 19.3 Å². The lowest BCUT2D eigenvalue weighted by Crippen LogP contribution is -2.49. The Morgan fingerprint density at radius 2 is 2.10 bits per heavy atom. The van der Waals surface area contributed by atoms with Crippen molar-refractivity contribution in [3.05, 3.63) is 0 Å². The summed E-state index contributed by atoms with van der Waals surface area (Å²) in [6.45, 7) is 2.39. The van der Waals surface area contributed by atoms with Crippen LogP contribution in [0.4, 0.5) is 0 Å². The number of carbonyl (C=O) groups excluding carboxylic acids is 1. The van der Waals surface area contributed by atoms with E-state index in [9.17, 15) is 18.0 Å². The smallest absolute Gasteiger partial charge is 0.326 e. The Kier molecular flexibility index (Phi) is 5.94. The Labute approximate surface area is 119 Å². The molecule has 0 radical (unpaired) electrons. The van der Waals surface area contributed by atoms with Gasteiger partial charge in [0, 0.05) is 13.1 Å². The number of carboxylic acid groups (broad SMARTS) is 1. The van der Waals surface area contributed by atoms with Gasteiger partial charge in [0.25, 0.3) is 0 Å². The third-order valence-corrected chi connectivity index (χ3v) is 4.69. The van der Waals surface area contributed by atoms with Crippen LogP contribution in [0.1, 0.15) is 32.6 Å². The highest BCUT2D eigenvalue weighted by atomic mass is 32.2. The lowest BCUT2D eigenvalue weighted by molar-refractivity contribution is -0.142. The molecule has 1 heterocycles. The average molecular weight is 306 g/mol. The van der Waals surface area contributed by atoms with Gasteiger partial charge >= 0.3 is 5.97 Å². The van der Waals surface area contributed by atoms with E-state index in [0.717, 1.165) is 6.26 Å². The summed E-state index contributed by atoms with van der Waals surface area (Å²) >= 11 is 0. The first kappa shape index (κ1) is 16.9. The molecule has 1 saturated heterocycles. The first-order valence-corrected chi connectivity index (χ1v) is 8.58. The summed E-state index contributed by atoms with van der Waals surface area (Å²) in [6, 6.07) is -0.902. The van der Waals surface area contributed by atoms with E-state index in [4.69, 9.17) is 5.11 Å². The number of piperidine rings is 1. The maximum Gasteiger partial charge on any atom is 0.326 e. The van der Waals surface area contributed by atoms with E-state index in [0.29, 0.717) is 32.2 Å². The number of hydrogen-bond acceptors (Lipinski definition) is 4. The third-order valence-electron chi connectivity index (χ3n) is 3.42. The molecule has 1 aliphatic heterocycles. The Morgan fingerprint density at radius 3 is 2.60 bits per heavy atom. The molecule has 0 aromatic heterocycles. The molecule has 1 amide bonds. The summed E-state index contributed by atoms with van der Waals surface area (Å²) < 4.78 is 24.2. The Hall–Kier alpha value is -1.15. The predicted molar refractivity (Wildman–Crippen MR) is 73.6 cm³/mol. The Balaban J connectivity index is 2.65. The molecule has 2 atom stereocenters. The van der Waals surface area contributed by atoms with Gasteiger partial charge in [-0.1, -0.05) is 13.3 Å². The van der Waals surface area contributed by atoms with Crippen LogP contribution >= 0.6 is 0 Å². The number of nitrogens with zero attached hydrogens (tertiary/aromatic N) is 1. The molecule has 1 rings (SSSR count). The minimum Gasteiger partial charge on any atom is -0.480 e. The van der Waals surface area contributed by atoms with E-state index in [1.54, 1.807) is 0 Å². The van der Waals surface area contributed by atoms with Gasteiger partial charge < -0.3 is 10.4 Å². The second-order valence-electron chi connectivity index (χ2n) is 5.15. The van der Waals surface area contributed by atoms with E-state index < -0.39 is 28.0 Å². The average Bonchev–Trinajstić information content (AvgIpc) is 2.37. The lowest BCUT2D eigenvalue weighted by Gasteiger charge is -2.30. The number of rotatable bonds is 6. The number of sulfonamides is 1. The van der Waals surface area contributed by atoms with Crippen molar-refractivity contribution in [1.29, 1.82) is 0 Å². The molecule has 8 heteroatoms. The summed E-state index contributed by atoms with van der Waals surface area (Å²) in [5.74, 6) is -1.91. The molecule has 0 aliphatic carbocycles. The quantitative estimate of drug-likeness (QED) is 0.720. The third kappa shape index (κ3) is 4.75. The SMILES string of the molecule is CCCC(NC(=O)C1CCCN(S(C)(=O)=O)C1)C(=O)O.